The van der Waals surface area contributed by atoms with Gasteiger partial charge in [-0.2, -0.15) is 0 Å². The highest BCUT2D eigenvalue weighted by molar-refractivity contribution is 7.91. The van der Waals surface area contributed by atoms with Crippen molar-refractivity contribution in [2.75, 3.05) is 5.32 Å². The molecule has 2 aromatic rings. The van der Waals surface area contributed by atoms with E-state index in [4.69, 9.17) is 5.14 Å². The van der Waals surface area contributed by atoms with Crippen molar-refractivity contribution in [3.05, 3.63) is 11.9 Å². The molecule has 0 bridgehead atoms. The minimum Gasteiger partial charge on any atom is -0.301 e. The van der Waals surface area contributed by atoms with Crippen LogP contribution in [0.4, 0.5) is 5.13 Å². The summed E-state index contributed by atoms with van der Waals surface area (Å²) in [5.41, 5.74) is 0.830. The molecule has 0 aliphatic carbocycles. The predicted molar refractivity (Wildman–Crippen MR) is 87.7 cm³/mol. The van der Waals surface area contributed by atoms with Gasteiger partial charge in [-0.05, 0) is 18.8 Å². The zero-order chi connectivity index (χ0) is 17.7. The first-order chi connectivity index (χ1) is 11.2. The van der Waals surface area contributed by atoms with Crippen molar-refractivity contribution in [1.82, 2.24) is 25.2 Å². The molecule has 0 saturated carbocycles. The minimum absolute atomic E-state index is 0.104. The van der Waals surface area contributed by atoms with Crippen molar-refractivity contribution in [3.63, 3.8) is 0 Å². The molecule has 0 unspecified atom stereocenters. The lowest BCUT2D eigenvalue weighted by Crippen LogP contribution is -2.11. The molecule has 1 amide bonds. The molecule has 0 radical (unpaired) electrons. The average Bonchev–Trinajstić information content (AvgIpc) is 3.07. The van der Waals surface area contributed by atoms with Gasteiger partial charge in [0.05, 0.1) is 5.69 Å². The lowest BCUT2D eigenvalue weighted by atomic mass is 10.2. The molecule has 3 N–H and O–H groups in total. The first-order valence-corrected chi connectivity index (χ1v) is 9.65. The highest BCUT2D eigenvalue weighted by atomic mass is 32.2. The second-order valence-corrected chi connectivity index (χ2v) is 8.36. The molecule has 0 atom stereocenters. The lowest BCUT2D eigenvalue weighted by Gasteiger charge is -2.02. The van der Waals surface area contributed by atoms with Gasteiger partial charge < -0.3 is 5.32 Å². The number of sulfonamides is 1. The third-order valence-corrected chi connectivity index (χ3v) is 5.02. The largest absolute Gasteiger partial charge is 0.301 e. The number of aryl methyl sites for hydroxylation is 1. The molecule has 0 spiro atoms. The molecule has 0 saturated heterocycles. The van der Waals surface area contributed by atoms with Crippen molar-refractivity contribution >= 4 is 32.4 Å². The number of nitrogens with two attached hydrogens (primary N) is 1. The monoisotopic (exact) mass is 373 g/mol. The molecule has 24 heavy (non-hydrogen) atoms. The Labute approximate surface area is 143 Å². The van der Waals surface area contributed by atoms with Crippen LogP contribution in [0.5, 0.6) is 0 Å². The number of anilines is 1. The average molecular weight is 373 g/mol. The van der Waals surface area contributed by atoms with Crippen LogP contribution in [0.15, 0.2) is 10.5 Å². The van der Waals surface area contributed by atoms with E-state index in [0.717, 1.165) is 12.2 Å². The van der Waals surface area contributed by atoms with Gasteiger partial charge in [0.1, 0.15) is 0 Å². The molecule has 12 heteroatoms. The summed E-state index contributed by atoms with van der Waals surface area (Å²) in [6, 6.07) is 0. The van der Waals surface area contributed by atoms with Crippen LogP contribution in [0.25, 0.3) is 0 Å². The highest BCUT2D eigenvalue weighted by Gasteiger charge is 2.16. The van der Waals surface area contributed by atoms with Gasteiger partial charge in [-0.15, -0.1) is 15.3 Å². The Balaban J connectivity index is 1.77. The van der Waals surface area contributed by atoms with Crippen LogP contribution in [0.1, 0.15) is 32.4 Å². The molecule has 0 aromatic carbocycles. The predicted octanol–water partition coefficient (Wildman–Crippen LogP) is 0.394. The summed E-state index contributed by atoms with van der Waals surface area (Å²) < 4.78 is 23.6. The second kappa shape index (κ2) is 7.77. The fourth-order valence-electron chi connectivity index (χ4n) is 1.90. The van der Waals surface area contributed by atoms with E-state index in [-0.39, 0.29) is 21.8 Å². The van der Waals surface area contributed by atoms with Crippen molar-refractivity contribution in [2.24, 2.45) is 11.1 Å². The standard InChI is InChI=1S/C12H19N7O3S2/c1-8(2)6-19-7-9(15-18-19)4-3-5-10(20)14-11-16-17-12(23-11)24(13,21)22/h7-8H,3-6H2,1-2H3,(H2,13,21,22)(H,14,16,20). The number of carbonyl (C=O) groups excluding carboxylic acids is 1. The summed E-state index contributed by atoms with van der Waals surface area (Å²) in [5, 5.41) is 22.6. The van der Waals surface area contributed by atoms with Gasteiger partial charge >= 0.3 is 0 Å². The fourth-order valence-corrected chi connectivity index (χ4v) is 3.25. The Bertz CT molecular complexity index is 797. The van der Waals surface area contributed by atoms with Crippen LogP contribution in [0.3, 0.4) is 0 Å². The van der Waals surface area contributed by atoms with E-state index in [1.165, 1.54) is 0 Å². The number of hydrogen-bond acceptors (Lipinski definition) is 8. The number of amides is 1. The first-order valence-electron chi connectivity index (χ1n) is 7.29. The number of primary sulfonamides is 1. The molecule has 2 heterocycles. The summed E-state index contributed by atoms with van der Waals surface area (Å²) in [4.78, 5) is 11.8. The summed E-state index contributed by atoms with van der Waals surface area (Å²) in [6.07, 6.45) is 3.35. The molecule has 10 nitrogen and oxygen atoms in total. The molecular formula is C12H19N7O3S2. The maximum Gasteiger partial charge on any atom is 0.267 e. The Morgan fingerprint density at radius 1 is 1.38 bits per heavy atom. The van der Waals surface area contributed by atoms with Gasteiger partial charge in [-0.25, -0.2) is 13.6 Å². The Kier molecular flexibility index (Phi) is 5.96. The highest BCUT2D eigenvalue weighted by Crippen LogP contribution is 2.18. The third-order valence-electron chi connectivity index (χ3n) is 2.87. The zero-order valence-corrected chi connectivity index (χ0v) is 15.0. The van der Waals surface area contributed by atoms with Gasteiger partial charge in [0.2, 0.25) is 15.4 Å². The van der Waals surface area contributed by atoms with E-state index in [1.807, 2.05) is 6.20 Å². The molecular weight excluding hydrogens is 354 g/mol. The summed E-state index contributed by atoms with van der Waals surface area (Å²) in [5.74, 6) is 0.209. The van der Waals surface area contributed by atoms with Crippen LogP contribution >= 0.6 is 11.3 Å². The number of carbonyl (C=O) groups is 1. The van der Waals surface area contributed by atoms with Crippen molar-refractivity contribution in [1.29, 1.82) is 0 Å². The van der Waals surface area contributed by atoms with E-state index < -0.39 is 10.0 Å². The van der Waals surface area contributed by atoms with Gasteiger partial charge in [-0.3, -0.25) is 9.48 Å². The topological polar surface area (TPSA) is 146 Å². The molecule has 0 aliphatic rings. The van der Waals surface area contributed by atoms with Gasteiger partial charge in [-0.1, -0.05) is 30.4 Å². The summed E-state index contributed by atoms with van der Waals surface area (Å²) in [6.45, 7) is 5.00. The van der Waals surface area contributed by atoms with E-state index >= 15 is 0 Å². The van der Waals surface area contributed by atoms with Gasteiger partial charge in [0.15, 0.2) is 0 Å². The zero-order valence-electron chi connectivity index (χ0n) is 13.3. The van der Waals surface area contributed by atoms with Crippen LogP contribution in [-0.4, -0.2) is 39.5 Å². The van der Waals surface area contributed by atoms with Crippen molar-refractivity contribution < 1.29 is 13.2 Å². The lowest BCUT2D eigenvalue weighted by molar-refractivity contribution is -0.116. The minimum atomic E-state index is -3.90. The quantitative estimate of drug-likeness (QED) is 0.636. The molecule has 0 fully saturated rings. The SMILES string of the molecule is CC(C)Cn1cc(CCCC(=O)Nc2nnc(S(N)(=O)=O)s2)nn1. The first kappa shape index (κ1) is 18.4. The molecule has 132 valence electrons. The fraction of sp³-hybridized carbons (Fsp3) is 0.583. The van der Waals surface area contributed by atoms with Crippen molar-refractivity contribution in [2.45, 2.75) is 44.0 Å². The number of rotatable bonds is 8. The third kappa shape index (κ3) is 5.62. The second-order valence-electron chi connectivity index (χ2n) is 5.65. The maximum absolute atomic E-state index is 11.8. The molecule has 0 aliphatic heterocycles. The van der Waals surface area contributed by atoms with Gasteiger partial charge in [0.25, 0.3) is 10.0 Å². The van der Waals surface area contributed by atoms with Gasteiger partial charge in [0, 0.05) is 19.2 Å². The summed E-state index contributed by atoms with van der Waals surface area (Å²) >= 11 is 0.714. The molecule has 2 aromatic heterocycles. The number of hydrogen-bond donors (Lipinski definition) is 2. The number of aromatic nitrogens is 5. The number of nitrogens with one attached hydrogen (secondary N) is 1. The maximum atomic E-state index is 11.8. The van der Waals surface area contributed by atoms with Crippen LogP contribution in [0.2, 0.25) is 0 Å². The molecule has 2 rings (SSSR count). The summed E-state index contributed by atoms with van der Waals surface area (Å²) in [7, 11) is -3.90. The van der Waals surface area contributed by atoms with Crippen LogP contribution in [0, 0.1) is 5.92 Å². The normalized spacial score (nSPS) is 11.8. The van der Waals surface area contributed by atoms with Crippen LogP contribution < -0.4 is 10.5 Å². The number of nitrogens with zero attached hydrogens (tertiary/aromatic N) is 5. The van der Waals surface area contributed by atoms with Crippen LogP contribution in [-0.2, 0) is 27.8 Å². The smallest absolute Gasteiger partial charge is 0.267 e. The Morgan fingerprint density at radius 2 is 2.12 bits per heavy atom. The van der Waals surface area contributed by atoms with E-state index in [1.54, 1.807) is 4.68 Å². The van der Waals surface area contributed by atoms with E-state index in [2.05, 4.69) is 39.7 Å². The van der Waals surface area contributed by atoms with E-state index in [9.17, 15) is 13.2 Å². The Morgan fingerprint density at radius 3 is 2.75 bits per heavy atom. The van der Waals surface area contributed by atoms with Crippen molar-refractivity contribution in [3.8, 4) is 0 Å². The Hall–Kier alpha value is -1.92. The van der Waals surface area contributed by atoms with E-state index in [0.29, 0.717) is 30.1 Å².